The number of aliphatic carboxylic acids is 1. The van der Waals surface area contributed by atoms with Crippen LogP contribution in [-0.4, -0.2) is 44.4 Å². The number of aromatic nitrogens is 3. The van der Waals surface area contributed by atoms with E-state index in [0.717, 1.165) is 0 Å². The van der Waals surface area contributed by atoms with Crippen LogP contribution in [0.25, 0.3) is 5.65 Å². The zero-order valence-corrected chi connectivity index (χ0v) is 9.54. The van der Waals surface area contributed by atoms with Gasteiger partial charge in [-0.05, 0) is 6.07 Å². The van der Waals surface area contributed by atoms with Gasteiger partial charge in [0.25, 0.3) is 0 Å². The molecule has 0 amide bonds. The molecule has 0 aromatic carbocycles. The van der Waals surface area contributed by atoms with Gasteiger partial charge in [-0.3, -0.25) is 0 Å². The summed E-state index contributed by atoms with van der Waals surface area (Å²) in [5.74, 6) is -0.411. The number of fused-ring (bicyclic) bond motifs is 1. The number of carboxylic acid groups (broad SMARTS) is 1. The van der Waals surface area contributed by atoms with Crippen molar-refractivity contribution in [3.05, 3.63) is 24.5 Å². The fourth-order valence-corrected chi connectivity index (χ4v) is 2.01. The first kappa shape index (κ1) is 11.0. The Morgan fingerprint density at radius 1 is 1.56 bits per heavy atom. The Morgan fingerprint density at radius 3 is 3.17 bits per heavy atom. The molecule has 0 spiro atoms. The summed E-state index contributed by atoms with van der Waals surface area (Å²) in [5, 5.41) is 16.3. The van der Waals surface area contributed by atoms with Gasteiger partial charge in [-0.15, -0.1) is 0 Å². The van der Waals surface area contributed by atoms with Gasteiger partial charge in [0.1, 0.15) is 5.82 Å². The molecule has 1 unspecified atom stereocenters. The first-order valence-corrected chi connectivity index (χ1v) is 5.59. The van der Waals surface area contributed by atoms with E-state index >= 15 is 0 Å². The number of hydrogen-bond acceptors (Lipinski definition) is 5. The van der Waals surface area contributed by atoms with Gasteiger partial charge >= 0.3 is 5.97 Å². The van der Waals surface area contributed by atoms with Crippen molar-refractivity contribution in [3.8, 4) is 0 Å². The maximum atomic E-state index is 11.4. The molecule has 94 valence electrons. The molecule has 1 fully saturated rings. The average Bonchev–Trinajstić information content (AvgIpc) is 2.97. The minimum atomic E-state index is -1.08. The maximum Gasteiger partial charge on any atom is 0.331 e. The second kappa shape index (κ2) is 3.95. The van der Waals surface area contributed by atoms with Crippen molar-refractivity contribution in [2.24, 2.45) is 0 Å². The highest BCUT2D eigenvalue weighted by molar-refractivity contribution is 5.83. The zero-order valence-electron chi connectivity index (χ0n) is 9.54. The molecule has 7 nitrogen and oxygen atoms in total. The van der Waals surface area contributed by atoms with Crippen molar-refractivity contribution >= 4 is 17.4 Å². The second-order valence-electron chi connectivity index (χ2n) is 4.26. The molecule has 2 aromatic rings. The minimum absolute atomic E-state index is 0.147. The largest absolute Gasteiger partial charge is 0.479 e. The third-order valence-corrected chi connectivity index (χ3v) is 3.06. The van der Waals surface area contributed by atoms with Crippen LogP contribution in [0.4, 0.5) is 5.82 Å². The van der Waals surface area contributed by atoms with Crippen molar-refractivity contribution in [3.63, 3.8) is 0 Å². The monoisotopic (exact) mass is 248 g/mol. The van der Waals surface area contributed by atoms with E-state index < -0.39 is 11.5 Å². The second-order valence-corrected chi connectivity index (χ2v) is 4.26. The van der Waals surface area contributed by atoms with Gasteiger partial charge < -0.3 is 15.2 Å². The van der Waals surface area contributed by atoms with Gasteiger partial charge in [0, 0.05) is 25.3 Å². The summed E-state index contributed by atoms with van der Waals surface area (Å²) in [6, 6.07) is 3.45. The van der Waals surface area contributed by atoms with E-state index in [4.69, 9.17) is 4.74 Å². The smallest absolute Gasteiger partial charge is 0.331 e. The molecular weight excluding hydrogens is 236 g/mol. The standard InChI is InChI=1S/C11H12N4O3/c16-10(17)11(3-6-18-7-11)14-8-2-5-15-9(13-8)1-4-12-15/h1-2,4-5H,3,6-7H2,(H,13,14)(H,16,17). The molecule has 18 heavy (non-hydrogen) atoms. The van der Waals surface area contributed by atoms with Gasteiger partial charge in [-0.25, -0.2) is 14.3 Å². The normalized spacial score (nSPS) is 23.3. The lowest BCUT2D eigenvalue weighted by Gasteiger charge is -2.24. The Morgan fingerprint density at radius 2 is 2.44 bits per heavy atom. The number of carbonyl (C=O) groups is 1. The number of anilines is 1. The molecule has 3 heterocycles. The van der Waals surface area contributed by atoms with Crippen molar-refractivity contribution < 1.29 is 14.6 Å². The molecular formula is C11H12N4O3. The molecule has 0 radical (unpaired) electrons. The highest BCUT2D eigenvalue weighted by Crippen LogP contribution is 2.24. The summed E-state index contributed by atoms with van der Waals surface area (Å²) >= 11 is 0. The number of carboxylic acids is 1. The van der Waals surface area contributed by atoms with Crippen molar-refractivity contribution in [1.29, 1.82) is 0 Å². The van der Waals surface area contributed by atoms with Crippen LogP contribution < -0.4 is 5.32 Å². The molecule has 2 aromatic heterocycles. The van der Waals surface area contributed by atoms with Crippen LogP contribution in [0.15, 0.2) is 24.5 Å². The predicted molar refractivity (Wildman–Crippen MR) is 62.4 cm³/mol. The number of nitrogens with one attached hydrogen (secondary N) is 1. The Hall–Kier alpha value is -2.15. The van der Waals surface area contributed by atoms with Gasteiger partial charge in [-0.1, -0.05) is 0 Å². The van der Waals surface area contributed by atoms with Crippen LogP contribution in [0.3, 0.4) is 0 Å². The summed E-state index contributed by atoms with van der Waals surface area (Å²) < 4.78 is 6.79. The molecule has 3 rings (SSSR count). The van der Waals surface area contributed by atoms with Gasteiger partial charge in [0.05, 0.1) is 12.8 Å². The SMILES string of the molecule is O=C(O)C1(Nc2ccn3nccc3n2)CCOC1. The molecule has 1 saturated heterocycles. The van der Waals surface area contributed by atoms with Crippen LogP contribution in [0.2, 0.25) is 0 Å². The predicted octanol–water partition coefficient (Wildman–Crippen LogP) is 0.385. The summed E-state index contributed by atoms with van der Waals surface area (Å²) in [6.07, 6.45) is 3.79. The van der Waals surface area contributed by atoms with E-state index in [-0.39, 0.29) is 6.61 Å². The third-order valence-electron chi connectivity index (χ3n) is 3.06. The third kappa shape index (κ3) is 1.68. The zero-order chi connectivity index (χ0) is 12.6. The number of rotatable bonds is 3. The van der Waals surface area contributed by atoms with E-state index in [1.807, 2.05) is 0 Å². The Labute approximate surface area is 102 Å². The first-order chi connectivity index (χ1) is 8.70. The number of nitrogens with zero attached hydrogens (tertiary/aromatic N) is 3. The van der Waals surface area contributed by atoms with Crippen LogP contribution >= 0.6 is 0 Å². The Kier molecular flexibility index (Phi) is 2.41. The molecule has 1 atom stereocenters. The molecule has 1 aliphatic heterocycles. The molecule has 2 N–H and O–H groups in total. The average molecular weight is 248 g/mol. The van der Waals surface area contributed by atoms with Crippen LogP contribution in [-0.2, 0) is 9.53 Å². The number of hydrogen-bond donors (Lipinski definition) is 2. The molecule has 0 bridgehead atoms. The van der Waals surface area contributed by atoms with E-state index in [0.29, 0.717) is 24.5 Å². The van der Waals surface area contributed by atoms with Gasteiger partial charge in [0.2, 0.25) is 0 Å². The highest BCUT2D eigenvalue weighted by atomic mass is 16.5. The topological polar surface area (TPSA) is 88.8 Å². The Balaban J connectivity index is 1.92. The van der Waals surface area contributed by atoms with E-state index in [1.165, 1.54) is 0 Å². The minimum Gasteiger partial charge on any atom is -0.479 e. The van der Waals surface area contributed by atoms with Crippen LogP contribution in [0.5, 0.6) is 0 Å². The van der Waals surface area contributed by atoms with E-state index in [1.54, 1.807) is 29.0 Å². The lowest BCUT2D eigenvalue weighted by Crippen LogP contribution is -2.47. The number of ether oxygens (including phenoxy) is 1. The fourth-order valence-electron chi connectivity index (χ4n) is 2.01. The lowest BCUT2D eigenvalue weighted by atomic mass is 9.99. The van der Waals surface area contributed by atoms with Crippen molar-refractivity contribution in [2.75, 3.05) is 18.5 Å². The summed E-state index contributed by atoms with van der Waals surface area (Å²) in [6.45, 7) is 0.586. The molecule has 0 saturated carbocycles. The van der Waals surface area contributed by atoms with E-state index in [2.05, 4.69) is 15.4 Å². The summed E-state index contributed by atoms with van der Waals surface area (Å²) in [4.78, 5) is 15.7. The van der Waals surface area contributed by atoms with Crippen LogP contribution in [0, 0.1) is 0 Å². The fraction of sp³-hybridized carbons (Fsp3) is 0.364. The quantitative estimate of drug-likeness (QED) is 0.816. The Bertz CT molecular complexity index is 589. The summed E-state index contributed by atoms with van der Waals surface area (Å²) in [7, 11) is 0. The molecule has 1 aliphatic rings. The van der Waals surface area contributed by atoms with Crippen molar-refractivity contribution in [1.82, 2.24) is 14.6 Å². The van der Waals surface area contributed by atoms with Gasteiger partial charge in [-0.2, -0.15) is 5.10 Å². The highest BCUT2D eigenvalue weighted by Gasteiger charge is 2.42. The van der Waals surface area contributed by atoms with E-state index in [9.17, 15) is 9.90 Å². The molecule has 0 aliphatic carbocycles. The first-order valence-electron chi connectivity index (χ1n) is 5.59. The van der Waals surface area contributed by atoms with Crippen LogP contribution in [0.1, 0.15) is 6.42 Å². The van der Waals surface area contributed by atoms with Crippen molar-refractivity contribution in [2.45, 2.75) is 12.0 Å². The van der Waals surface area contributed by atoms with Gasteiger partial charge in [0.15, 0.2) is 11.2 Å². The summed E-state index contributed by atoms with van der Waals surface area (Å²) in [5.41, 5.74) is -0.412. The lowest BCUT2D eigenvalue weighted by molar-refractivity contribution is -0.142. The molecule has 7 heteroatoms. The maximum absolute atomic E-state index is 11.4.